The minimum atomic E-state index is -0.0395. The maximum atomic E-state index is 6.12. The van der Waals surface area contributed by atoms with Gasteiger partial charge in [-0.05, 0) is 57.6 Å². The maximum absolute atomic E-state index is 6.12. The second-order valence-corrected chi connectivity index (χ2v) is 6.61. The Hall–Kier alpha value is -0.860. The molecule has 0 bridgehead atoms. The van der Waals surface area contributed by atoms with E-state index in [2.05, 4.69) is 45.0 Å². The van der Waals surface area contributed by atoms with E-state index in [-0.39, 0.29) is 17.1 Å². The van der Waals surface area contributed by atoms with E-state index in [1.165, 1.54) is 24.0 Å². The lowest BCUT2D eigenvalue weighted by molar-refractivity contribution is 0.0158. The molecule has 1 aliphatic rings. The first kappa shape index (κ1) is 14.5. The van der Waals surface area contributed by atoms with Gasteiger partial charge in [0.1, 0.15) is 0 Å². The lowest BCUT2D eigenvalue weighted by Crippen LogP contribution is -2.31. The van der Waals surface area contributed by atoms with Crippen molar-refractivity contribution < 1.29 is 4.74 Å². The minimum Gasteiger partial charge on any atom is -0.379 e. The third-order valence-corrected chi connectivity index (χ3v) is 4.76. The second kappa shape index (κ2) is 5.26. The van der Waals surface area contributed by atoms with E-state index >= 15 is 0 Å². The van der Waals surface area contributed by atoms with Gasteiger partial charge in [0.2, 0.25) is 0 Å². The molecule has 0 aromatic heterocycles. The van der Waals surface area contributed by atoms with E-state index in [4.69, 9.17) is 10.5 Å². The second-order valence-electron chi connectivity index (χ2n) is 6.61. The predicted molar refractivity (Wildman–Crippen MR) is 80.4 cm³/mol. The van der Waals surface area contributed by atoms with Crippen molar-refractivity contribution in [1.82, 2.24) is 0 Å². The molecule has 2 heteroatoms. The van der Waals surface area contributed by atoms with Crippen LogP contribution in [-0.2, 0) is 16.6 Å². The lowest BCUT2D eigenvalue weighted by atomic mass is 9.88. The molecule has 0 spiro atoms. The van der Waals surface area contributed by atoms with Gasteiger partial charge in [-0.15, -0.1) is 0 Å². The Kier molecular flexibility index (Phi) is 4.03. The molecule has 0 heterocycles. The third-order valence-electron chi connectivity index (χ3n) is 4.76. The van der Waals surface area contributed by atoms with Crippen LogP contribution in [0, 0.1) is 0 Å². The van der Waals surface area contributed by atoms with E-state index in [0.29, 0.717) is 0 Å². The summed E-state index contributed by atoms with van der Waals surface area (Å²) in [5.74, 6) is 0. The van der Waals surface area contributed by atoms with Gasteiger partial charge in [-0.25, -0.2) is 0 Å². The van der Waals surface area contributed by atoms with Crippen molar-refractivity contribution in [3.63, 3.8) is 0 Å². The number of nitrogens with two attached hydrogens (primary N) is 1. The Morgan fingerprint density at radius 2 is 1.84 bits per heavy atom. The van der Waals surface area contributed by atoms with E-state index in [9.17, 15) is 0 Å². The Balaban J connectivity index is 2.00. The van der Waals surface area contributed by atoms with Crippen LogP contribution in [0.1, 0.15) is 51.2 Å². The van der Waals surface area contributed by atoms with Crippen LogP contribution in [0.15, 0.2) is 24.3 Å². The molecule has 2 N–H and O–H groups in total. The highest BCUT2D eigenvalue weighted by atomic mass is 16.5. The lowest BCUT2D eigenvalue weighted by Gasteiger charge is -2.23. The Morgan fingerprint density at radius 3 is 2.26 bits per heavy atom. The summed E-state index contributed by atoms with van der Waals surface area (Å²) in [7, 11) is 1.78. The third kappa shape index (κ3) is 3.18. The van der Waals surface area contributed by atoms with Gasteiger partial charge in [-0.1, -0.05) is 24.3 Å². The average Bonchev–Trinajstić information content (AvgIpc) is 3.19. The summed E-state index contributed by atoms with van der Waals surface area (Å²) in [6.07, 6.45) is 4.58. The summed E-state index contributed by atoms with van der Waals surface area (Å²) < 4.78 is 5.46. The molecule has 2 nitrogen and oxygen atoms in total. The topological polar surface area (TPSA) is 35.2 Å². The summed E-state index contributed by atoms with van der Waals surface area (Å²) in [6, 6.07) is 9.30. The van der Waals surface area contributed by atoms with Gasteiger partial charge in [0.05, 0.1) is 5.60 Å². The highest BCUT2D eigenvalue weighted by Gasteiger charge is 2.47. The highest BCUT2D eigenvalue weighted by Crippen LogP contribution is 2.50. The molecule has 1 atom stereocenters. The standard InChI is InChI=1S/C17H27NO/c1-13(18)17(11-12-17)15-7-5-14(6-8-15)9-10-16(2,3)19-4/h5-8,13H,9-12,18H2,1-4H3. The molecule has 0 aliphatic heterocycles. The molecule has 1 aliphatic carbocycles. The summed E-state index contributed by atoms with van der Waals surface area (Å²) >= 11 is 0. The number of hydrogen-bond donors (Lipinski definition) is 1. The molecule has 1 fully saturated rings. The molecule has 106 valence electrons. The first-order valence-corrected chi connectivity index (χ1v) is 7.30. The molecule has 19 heavy (non-hydrogen) atoms. The highest BCUT2D eigenvalue weighted by molar-refractivity contribution is 5.35. The Morgan fingerprint density at radius 1 is 1.26 bits per heavy atom. The SMILES string of the molecule is COC(C)(C)CCc1ccc(C2(C(C)N)CC2)cc1. The van der Waals surface area contributed by atoms with E-state index in [1.54, 1.807) is 7.11 Å². The molecule has 1 aromatic carbocycles. The molecular weight excluding hydrogens is 234 g/mol. The number of methoxy groups -OCH3 is 1. The summed E-state index contributed by atoms with van der Waals surface area (Å²) in [4.78, 5) is 0. The molecule has 0 amide bonds. The van der Waals surface area contributed by atoms with Gasteiger partial charge in [0.15, 0.2) is 0 Å². The van der Waals surface area contributed by atoms with E-state index in [1.807, 2.05) is 0 Å². The van der Waals surface area contributed by atoms with E-state index < -0.39 is 0 Å². The van der Waals surface area contributed by atoms with Crippen molar-refractivity contribution in [2.24, 2.45) is 5.73 Å². The van der Waals surface area contributed by atoms with Gasteiger partial charge in [0.25, 0.3) is 0 Å². The fourth-order valence-electron chi connectivity index (χ4n) is 2.69. The Bertz CT molecular complexity index is 415. The number of aryl methyl sites for hydroxylation is 1. The molecule has 1 aromatic rings. The molecule has 0 saturated heterocycles. The number of ether oxygens (including phenoxy) is 1. The van der Waals surface area contributed by atoms with Crippen molar-refractivity contribution in [3.05, 3.63) is 35.4 Å². The van der Waals surface area contributed by atoms with Crippen LogP contribution in [0.2, 0.25) is 0 Å². The largest absolute Gasteiger partial charge is 0.379 e. The van der Waals surface area contributed by atoms with Crippen molar-refractivity contribution in [2.75, 3.05) is 7.11 Å². The smallest absolute Gasteiger partial charge is 0.0625 e. The molecule has 1 unspecified atom stereocenters. The minimum absolute atomic E-state index is 0.0395. The first-order chi connectivity index (χ1) is 8.89. The first-order valence-electron chi connectivity index (χ1n) is 7.30. The zero-order valence-corrected chi connectivity index (χ0v) is 12.7. The maximum Gasteiger partial charge on any atom is 0.0625 e. The molecule has 2 rings (SSSR count). The van der Waals surface area contributed by atoms with Crippen molar-refractivity contribution in [1.29, 1.82) is 0 Å². The van der Waals surface area contributed by atoms with Crippen LogP contribution in [0.5, 0.6) is 0 Å². The zero-order chi connectivity index (χ0) is 14.1. The normalized spacial score (nSPS) is 19.2. The van der Waals surface area contributed by atoms with Gasteiger partial charge in [0, 0.05) is 18.6 Å². The van der Waals surface area contributed by atoms with Crippen molar-refractivity contribution in [2.45, 2.75) is 63.5 Å². The monoisotopic (exact) mass is 261 g/mol. The molecule has 0 radical (unpaired) electrons. The fourth-order valence-corrected chi connectivity index (χ4v) is 2.69. The van der Waals surface area contributed by atoms with E-state index in [0.717, 1.165) is 12.8 Å². The molecular formula is C17H27NO. The number of benzene rings is 1. The van der Waals surface area contributed by atoms with Gasteiger partial charge >= 0.3 is 0 Å². The quantitative estimate of drug-likeness (QED) is 0.851. The van der Waals surface area contributed by atoms with Crippen LogP contribution in [0.3, 0.4) is 0 Å². The van der Waals surface area contributed by atoms with Crippen molar-refractivity contribution >= 4 is 0 Å². The molecule has 1 saturated carbocycles. The van der Waals surface area contributed by atoms with Crippen LogP contribution < -0.4 is 5.73 Å². The van der Waals surface area contributed by atoms with Crippen LogP contribution in [-0.4, -0.2) is 18.8 Å². The fraction of sp³-hybridized carbons (Fsp3) is 0.647. The average molecular weight is 261 g/mol. The predicted octanol–water partition coefficient (Wildman–Crippen LogP) is 3.42. The van der Waals surface area contributed by atoms with Crippen molar-refractivity contribution in [3.8, 4) is 0 Å². The number of rotatable bonds is 6. The van der Waals surface area contributed by atoms with Crippen LogP contribution in [0.25, 0.3) is 0 Å². The Labute approximate surface area is 117 Å². The summed E-state index contributed by atoms with van der Waals surface area (Å²) in [5, 5.41) is 0. The summed E-state index contributed by atoms with van der Waals surface area (Å²) in [5.41, 5.74) is 9.15. The van der Waals surface area contributed by atoms with Crippen LogP contribution >= 0.6 is 0 Å². The number of hydrogen-bond acceptors (Lipinski definition) is 2. The summed E-state index contributed by atoms with van der Waals surface area (Å²) in [6.45, 7) is 6.40. The van der Waals surface area contributed by atoms with Gasteiger partial charge in [-0.2, -0.15) is 0 Å². The van der Waals surface area contributed by atoms with Crippen LogP contribution in [0.4, 0.5) is 0 Å². The zero-order valence-electron chi connectivity index (χ0n) is 12.7. The van der Waals surface area contributed by atoms with Gasteiger partial charge in [-0.3, -0.25) is 0 Å². The van der Waals surface area contributed by atoms with Gasteiger partial charge < -0.3 is 10.5 Å².